The Bertz CT molecular complexity index is 1230. The van der Waals surface area contributed by atoms with Gasteiger partial charge >= 0.3 is 0 Å². The van der Waals surface area contributed by atoms with Gasteiger partial charge in [-0.2, -0.15) is 4.98 Å². The van der Waals surface area contributed by atoms with Crippen LogP contribution in [-0.4, -0.2) is 76.0 Å². The molecule has 4 heterocycles. The van der Waals surface area contributed by atoms with Gasteiger partial charge in [0.15, 0.2) is 5.65 Å². The summed E-state index contributed by atoms with van der Waals surface area (Å²) >= 11 is 6.28. The van der Waals surface area contributed by atoms with Gasteiger partial charge in [-0.1, -0.05) is 17.7 Å². The highest BCUT2D eigenvalue weighted by Gasteiger charge is 2.30. The second-order valence-electron chi connectivity index (χ2n) is 11.2. The molecule has 0 radical (unpaired) electrons. The normalized spacial score (nSPS) is 24.4. The lowest BCUT2D eigenvalue weighted by Gasteiger charge is -2.35. The van der Waals surface area contributed by atoms with Crippen molar-refractivity contribution in [2.24, 2.45) is 5.92 Å². The minimum absolute atomic E-state index is 0.0732. The Morgan fingerprint density at radius 3 is 2.55 bits per heavy atom. The molecule has 0 unspecified atom stereocenters. The van der Waals surface area contributed by atoms with Gasteiger partial charge in [-0.3, -0.25) is 9.47 Å². The summed E-state index contributed by atoms with van der Waals surface area (Å²) in [5, 5.41) is 7.82. The van der Waals surface area contributed by atoms with Crippen LogP contribution in [0.4, 0.5) is 17.6 Å². The van der Waals surface area contributed by atoms with E-state index in [0.717, 1.165) is 93.9 Å². The van der Waals surface area contributed by atoms with E-state index in [4.69, 9.17) is 31.0 Å². The lowest BCUT2D eigenvalue weighted by atomic mass is 9.85. The van der Waals surface area contributed by atoms with Crippen LogP contribution in [0, 0.1) is 5.92 Å². The summed E-state index contributed by atoms with van der Waals surface area (Å²) in [6.07, 6.45) is 8.32. The number of hydrogen-bond donors (Lipinski definition) is 2. The number of benzene rings is 1. The van der Waals surface area contributed by atoms with Gasteiger partial charge in [0.1, 0.15) is 5.52 Å². The number of imidazole rings is 1. The first-order chi connectivity index (χ1) is 18.5. The second kappa shape index (κ2) is 11.3. The summed E-state index contributed by atoms with van der Waals surface area (Å²) in [5.41, 5.74) is 2.51. The molecule has 0 amide bonds. The molecule has 0 atom stereocenters. The van der Waals surface area contributed by atoms with Crippen LogP contribution in [0.15, 0.2) is 30.5 Å². The Morgan fingerprint density at radius 1 is 1.03 bits per heavy atom. The van der Waals surface area contributed by atoms with Crippen molar-refractivity contribution in [2.45, 2.75) is 57.0 Å². The van der Waals surface area contributed by atoms with Crippen LogP contribution < -0.4 is 10.6 Å². The molecule has 3 fully saturated rings. The summed E-state index contributed by atoms with van der Waals surface area (Å²) in [6.45, 7) is 8.73. The molecular weight excluding hydrogens is 502 g/mol. The summed E-state index contributed by atoms with van der Waals surface area (Å²) in [5.74, 6) is 2.17. The van der Waals surface area contributed by atoms with Crippen molar-refractivity contribution in [3.63, 3.8) is 0 Å². The summed E-state index contributed by atoms with van der Waals surface area (Å²) in [7, 11) is 0. The molecule has 6 rings (SSSR count). The van der Waals surface area contributed by atoms with Crippen LogP contribution in [-0.2, 0) is 9.47 Å². The number of rotatable bonds is 7. The van der Waals surface area contributed by atoms with Crippen molar-refractivity contribution in [3.8, 4) is 0 Å². The zero-order chi connectivity index (χ0) is 26.0. The molecule has 2 N–H and O–H groups in total. The number of anilines is 3. The van der Waals surface area contributed by atoms with E-state index in [-0.39, 0.29) is 5.54 Å². The summed E-state index contributed by atoms with van der Waals surface area (Å²) in [6, 6.07) is 8.09. The molecule has 1 aromatic carbocycles. The lowest BCUT2D eigenvalue weighted by Crippen LogP contribution is -2.41. The maximum atomic E-state index is 6.28. The minimum Gasteiger partial charge on any atom is -0.381 e. The molecule has 1 saturated carbocycles. The number of nitrogens with zero attached hydrogens (tertiary/aromatic N) is 5. The fourth-order valence-electron chi connectivity index (χ4n) is 6.03. The quantitative estimate of drug-likeness (QED) is 0.420. The molecule has 3 aromatic rings. The molecule has 0 spiro atoms. The first kappa shape index (κ1) is 25.8. The van der Waals surface area contributed by atoms with E-state index in [1.54, 1.807) is 0 Å². The third kappa shape index (κ3) is 5.91. The first-order valence-electron chi connectivity index (χ1n) is 14.0. The molecule has 204 valence electrons. The van der Waals surface area contributed by atoms with Gasteiger partial charge in [0, 0.05) is 55.1 Å². The predicted molar refractivity (Wildman–Crippen MR) is 150 cm³/mol. The summed E-state index contributed by atoms with van der Waals surface area (Å²) < 4.78 is 13.4. The average Bonchev–Trinajstić information content (AvgIpc) is 3.27. The minimum atomic E-state index is -0.0732. The van der Waals surface area contributed by atoms with E-state index in [0.29, 0.717) is 17.0 Å². The van der Waals surface area contributed by atoms with Crippen molar-refractivity contribution >= 4 is 40.3 Å². The van der Waals surface area contributed by atoms with E-state index in [1.165, 1.54) is 19.4 Å². The van der Waals surface area contributed by atoms with Crippen LogP contribution in [0.3, 0.4) is 0 Å². The molecule has 2 saturated heterocycles. The highest BCUT2D eigenvalue weighted by atomic mass is 35.5. The molecule has 0 bridgehead atoms. The third-order valence-corrected chi connectivity index (χ3v) is 8.56. The van der Waals surface area contributed by atoms with Crippen LogP contribution >= 0.6 is 11.6 Å². The van der Waals surface area contributed by atoms with E-state index in [2.05, 4.69) is 32.0 Å². The Hall–Kier alpha value is -2.46. The first-order valence-corrected chi connectivity index (χ1v) is 14.4. The molecule has 10 heteroatoms. The van der Waals surface area contributed by atoms with E-state index < -0.39 is 0 Å². The predicted octanol–water partition coefficient (Wildman–Crippen LogP) is 5.27. The fraction of sp³-hybridized carbons (Fsp3) is 0.607. The maximum Gasteiger partial charge on any atom is 0.225 e. The number of ether oxygens (including phenoxy) is 2. The van der Waals surface area contributed by atoms with Gasteiger partial charge in [0.05, 0.1) is 19.4 Å². The van der Waals surface area contributed by atoms with Gasteiger partial charge in [-0.25, -0.2) is 9.97 Å². The highest BCUT2D eigenvalue weighted by Crippen LogP contribution is 2.38. The Morgan fingerprint density at radius 2 is 1.79 bits per heavy atom. The van der Waals surface area contributed by atoms with E-state index in [9.17, 15) is 0 Å². The largest absolute Gasteiger partial charge is 0.381 e. The Kier molecular flexibility index (Phi) is 7.70. The zero-order valence-electron chi connectivity index (χ0n) is 22.2. The van der Waals surface area contributed by atoms with Crippen molar-refractivity contribution in [2.75, 3.05) is 56.7 Å². The van der Waals surface area contributed by atoms with Gasteiger partial charge in [0.2, 0.25) is 11.9 Å². The second-order valence-corrected chi connectivity index (χ2v) is 11.7. The van der Waals surface area contributed by atoms with Crippen LogP contribution in [0.25, 0.3) is 11.2 Å². The molecule has 38 heavy (non-hydrogen) atoms. The highest BCUT2D eigenvalue weighted by molar-refractivity contribution is 6.30. The molecule has 2 aliphatic heterocycles. The Balaban J connectivity index is 1.26. The smallest absolute Gasteiger partial charge is 0.225 e. The Labute approximate surface area is 229 Å². The molecule has 1 aliphatic carbocycles. The number of hydrogen-bond acceptors (Lipinski definition) is 8. The molecule has 2 aromatic heterocycles. The van der Waals surface area contributed by atoms with Crippen LogP contribution in [0.2, 0.25) is 5.02 Å². The number of morpholine rings is 1. The monoisotopic (exact) mass is 539 g/mol. The van der Waals surface area contributed by atoms with Crippen molar-refractivity contribution in [1.82, 2.24) is 24.4 Å². The standard InChI is InChI=1S/C28H38ClN7O2/c1-28(9-13-37-14-10-28)34-26-30-18-24-25(33-26)36(27(32-24)31-22-4-2-3-21(29)17-22)23-7-5-20(6-8-23)19-35-11-15-38-16-12-35/h2-4,17-18,20,23H,5-16,19H2,1H3,(H,31,32)(H,30,33,34)/t20-,23+. The zero-order valence-corrected chi connectivity index (χ0v) is 22.9. The topological polar surface area (TPSA) is 89.4 Å². The van der Waals surface area contributed by atoms with Gasteiger partial charge in [-0.05, 0) is 69.6 Å². The van der Waals surface area contributed by atoms with E-state index >= 15 is 0 Å². The van der Waals surface area contributed by atoms with E-state index in [1.807, 2.05) is 30.5 Å². The van der Waals surface area contributed by atoms with Gasteiger partial charge in [-0.15, -0.1) is 0 Å². The molecule has 9 nitrogen and oxygen atoms in total. The van der Waals surface area contributed by atoms with Gasteiger partial charge in [0.25, 0.3) is 0 Å². The van der Waals surface area contributed by atoms with Crippen LogP contribution in [0.5, 0.6) is 0 Å². The van der Waals surface area contributed by atoms with Crippen molar-refractivity contribution < 1.29 is 9.47 Å². The fourth-order valence-corrected chi connectivity index (χ4v) is 6.22. The number of aromatic nitrogens is 4. The molecule has 3 aliphatic rings. The van der Waals surface area contributed by atoms with Crippen molar-refractivity contribution in [1.29, 1.82) is 0 Å². The molecular formula is C28H38ClN7O2. The third-order valence-electron chi connectivity index (χ3n) is 8.32. The lowest BCUT2D eigenvalue weighted by molar-refractivity contribution is 0.0267. The number of nitrogens with one attached hydrogen (secondary N) is 2. The maximum absolute atomic E-state index is 6.28. The number of fused-ring (bicyclic) bond motifs is 1. The average molecular weight is 540 g/mol. The van der Waals surface area contributed by atoms with Crippen molar-refractivity contribution in [3.05, 3.63) is 35.5 Å². The number of halogens is 1. The van der Waals surface area contributed by atoms with Gasteiger partial charge < -0.3 is 20.1 Å². The van der Waals surface area contributed by atoms with Crippen LogP contribution in [0.1, 0.15) is 51.5 Å². The summed E-state index contributed by atoms with van der Waals surface area (Å²) in [4.78, 5) is 17.2. The SMILES string of the molecule is CC1(Nc2ncc3nc(Nc4cccc(Cl)c4)n([C@H]4CC[C@@H](CN5CCOCC5)CC4)c3n2)CCOCC1.